The van der Waals surface area contributed by atoms with E-state index >= 15 is 0 Å². The highest BCUT2D eigenvalue weighted by Gasteiger charge is 2.06. The lowest BCUT2D eigenvalue weighted by Crippen LogP contribution is -2.22. The molecule has 0 radical (unpaired) electrons. The molecular weight excluding hydrogens is 186 g/mol. The summed E-state index contributed by atoms with van der Waals surface area (Å²) < 4.78 is 27.3. The molecule has 12 heavy (non-hydrogen) atoms. The van der Waals surface area contributed by atoms with Crippen molar-refractivity contribution < 1.29 is 13.2 Å². The van der Waals surface area contributed by atoms with Gasteiger partial charge in [-0.2, -0.15) is 13.4 Å². The van der Waals surface area contributed by atoms with Gasteiger partial charge in [-0.1, -0.05) is 0 Å². The number of methoxy groups -OCH3 is 1. The summed E-state index contributed by atoms with van der Waals surface area (Å²) in [5.41, 5.74) is 0. The molecule has 0 spiro atoms. The Labute approximate surface area is 68.3 Å². The number of nitrogens with zero attached hydrogens (tertiary/aromatic N) is 2. The van der Waals surface area contributed by atoms with E-state index < -0.39 is 10.2 Å². The maximum Gasteiger partial charge on any atom is 0.336 e. The average molecular weight is 193 g/mol. The lowest BCUT2D eigenvalue weighted by molar-refractivity contribution is 0.382. The van der Waals surface area contributed by atoms with Crippen LogP contribution in [0.15, 0.2) is 0 Å². The van der Waals surface area contributed by atoms with Gasteiger partial charge in [-0.15, -0.1) is 5.10 Å². The molecule has 0 bridgehead atoms. The van der Waals surface area contributed by atoms with Gasteiger partial charge in [0.15, 0.2) is 0 Å². The van der Waals surface area contributed by atoms with Crippen molar-refractivity contribution in [1.82, 2.24) is 15.2 Å². The zero-order valence-electron chi connectivity index (χ0n) is 6.10. The highest BCUT2D eigenvalue weighted by Crippen LogP contribution is 2.04. The molecule has 68 valence electrons. The Morgan fingerprint density at radius 1 is 1.67 bits per heavy atom. The third kappa shape index (κ3) is 2.36. The first kappa shape index (κ1) is 8.74. The molecule has 1 aromatic rings. The van der Waals surface area contributed by atoms with Crippen LogP contribution in [0.4, 0.5) is 5.95 Å². The Kier molecular flexibility index (Phi) is 2.15. The molecule has 9 heteroatoms. The fourth-order valence-corrected chi connectivity index (χ4v) is 0.879. The number of anilines is 1. The van der Waals surface area contributed by atoms with Crippen LogP contribution in [0.25, 0.3) is 0 Å². The molecule has 8 nitrogen and oxygen atoms in total. The Balaban J connectivity index is 2.78. The number of H-pyrrole nitrogens is 1. The number of ether oxygens (including phenoxy) is 1. The summed E-state index contributed by atoms with van der Waals surface area (Å²) in [6.45, 7) is 0. The summed E-state index contributed by atoms with van der Waals surface area (Å²) >= 11 is 0. The van der Waals surface area contributed by atoms with Crippen molar-refractivity contribution in [3.63, 3.8) is 0 Å². The predicted octanol–water partition coefficient (Wildman–Crippen LogP) is -1.57. The first-order valence-electron chi connectivity index (χ1n) is 2.78. The molecule has 0 fully saturated rings. The number of hydrogen-bond acceptors (Lipinski definition) is 5. The Bertz CT molecular complexity index is 356. The molecule has 0 amide bonds. The molecular formula is C3H7N5O3S. The molecule has 0 aliphatic heterocycles. The van der Waals surface area contributed by atoms with E-state index in [2.05, 4.69) is 25.1 Å². The minimum Gasteiger partial charge on any atom is -0.466 e. The minimum absolute atomic E-state index is 0.0288. The summed E-state index contributed by atoms with van der Waals surface area (Å²) in [5, 5.41) is 10.4. The second-order valence-electron chi connectivity index (χ2n) is 1.82. The molecule has 1 aromatic heterocycles. The minimum atomic E-state index is -3.81. The van der Waals surface area contributed by atoms with Gasteiger partial charge in [0.1, 0.15) is 0 Å². The maximum atomic E-state index is 10.4. The Morgan fingerprint density at radius 3 is 2.75 bits per heavy atom. The van der Waals surface area contributed by atoms with Gasteiger partial charge < -0.3 is 4.74 Å². The van der Waals surface area contributed by atoms with Crippen molar-refractivity contribution in [2.45, 2.75) is 0 Å². The van der Waals surface area contributed by atoms with Crippen molar-refractivity contribution in [2.75, 3.05) is 11.8 Å². The highest BCUT2D eigenvalue weighted by atomic mass is 32.2. The first-order chi connectivity index (χ1) is 5.51. The highest BCUT2D eigenvalue weighted by molar-refractivity contribution is 7.90. The van der Waals surface area contributed by atoms with E-state index in [9.17, 15) is 8.42 Å². The fraction of sp³-hybridized carbons (Fsp3) is 0.333. The van der Waals surface area contributed by atoms with Gasteiger partial charge in [-0.3, -0.25) is 0 Å². The molecule has 1 rings (SSSR count). The maximum absolute atomic E-state index is 10.4. The van der Waals surface area contributed by atoms with Gasteiger partial charge >= 0.3 is 6.01 Å². The fourth-order valence-electron chi connectivity index (χ4n) is 0.518. The van der Waals surface area contributed by atoms with Crippen LogP contribution >= 0.6 is 0 Å². The summed E-state index contributed by atoms with van der Waals surface area (Å²) in [7, 11) is -2.46. The number of hydrogen-bond donors (Lipinski definition) is 3. The van der Waals surface area contributed by atoms with E-state index in [1.807, 2.05) is 4.72 Å². The van der Waals surface area contributed by atoms with E-state index in [-0.39, 0.29) is 12.0 Å². The third-order valence-electron chi connectivity index (χ3n) is 0.886. The van der Waals surface area contributed by atoms with Crippen molar-refractivity contribution in [2.24, 2.45) is 5.14 Å². The Hall–Kier alpha value is -1.35. The quantitative estimate of drug-likeness (QED) is 0.535. The molecule has 0 atom stereocenters. The molecule has 0 aliphatic rings. The van der Waals surface area contributed by atoms with E-state index in [1.54, 1.807) is 0 Å². The molecule has 0 saturated carbocycles. The van der Waals surface area contributed by atoms with Crippen LogP contribution < -0.4 is 14.6 Å². The zero-order chi connectivity index (χ0) is 9.19. The topological polar surface area (TPSA) is 123 Å². The largest absolute Gasteiger partial charge is 0.466 e. The van der Waals surface area contributed by atoms with Crippen LogP contribution in [0.1, 0.15) is 0 Å². The molecule has 4 N–H and O–H groups in total. The smallest absolute Gasteiger partial charge is 0.336 e. The van der Waals surface area contributed by atoms with E-state index in [1.165, 1.54) is 7.11 Å². The summed E-state index contributed by atoms with van der Waals surface area (Å²) in [6, 6.07) is 0.0288. The van der Waals surface area contributed by atoms with Gasteiger partial charge in [0.25, 0.3) is 10.2 Å². The summed E-state index contributed by atoms with van der Waals surface area (Å²) in [6.07, 6.45) is 0. The van der Waals surface area contributed by atoms with Gasteiger partial charge in [-0.05, 0) is 0 Å². The number of rotatable bonds is 3. The SMILES string of the molecule is COc1n[nH]c(NS(N)(=O)=O)n1. The number of nitrogens with two attached hydrogens (primary N) is 1. The van der Waals surface area contributed by atoms with E-state index in [4.69, 9.17) is 0 Å². The molecule has 0 aliphatic carbocycles. The van der Waals surface area contributed by atoms with Gasteiger partial charge in [-0.25, -0.2) is 15.0 Å². The van der Waals surface area contributed by atoms with Crippen LogP contribution in [-0.4, -0.2) is 30.7 Å². The summed E-state index contributed by atoms with van der Waals surface area (Å²) in [5.74, 6) is -0.0886. The number of aromatic amines is 1. The standard InChI is InChI=1S/C3H7N5O3S/c1-11-3-5-2(6-7-3)8-12(4,9)10/h1H3,(H2,4,9,10)(H2,5,6,7,8). The van der Waals surface area contributed by atoms with Crippen molar-refractivity contribution >= 4 is 16.2 Å². The third-order valence-corrected chi connectivity index (χ3v) is 1.36. The van der Waals surface area contributed by atoms with E-state index in [0.717, 1.165) is 0 Å². The molecule has 0 unspecified atom stereocenters. The lowest BCUT2D eigenvalue weighted by atomic mass is 11.1. The molecule has 1 heterocycles. The van der Waals surface area contributed by atoms with Crippen LogP contribution in [0.5, 0.6) is 6.01 Å². The van der Waals surface area contributed by atoms with Crippen LogP contribution in [-0.2, 0) is 10.2 Å². The predicted molar refractivity (Wildman–Crippen MR) is 39.7 cm³/mol. The zero-order valence-corrected chi connectivity index (χ0v) is 6.92. The second kappa shape index (κ2) is 2.95. The van der Waals surface area contributed by atoms with Crippen molar-refractivity contribution in [3.05, 3.63) is 0 Å². The van der Waals surface area contributed by atoms with Crippen molar-refractivity contribution in [3.8, 4) is 6.01 Å². The lowest BCUT2D eigenvalue weighted by Gasteiger charge is -1.94. The van der Waals surface area contributed by atoms with Gasteiger partial charge in [0.05, 0.1) is 7.11 Å². The molecule has 0 saturated heterocycles. The summed E-state index contributed by atoms with van der Waals surface area (Å²) in [4.78, 5) is 3.55. The second-order valence-corrected chi connectivity index (χ2v) is 3.11. The van der Waals surface area contributed by atoms with Gasteiger partial charge in [0.2, 0.25) is 5.95 Å². The van der Waals surface area contributed by atoms with Gasteiger partial charge in [0, 0.05) is 0 Å². The normalized spacial score (nSPS) is 11.2. The number of aromatic nitrogens is 3. The monoisotopic (exact) mass is 193 g/mol. The Morgan fingerprint density at radius 2 is 2.33 bits per heavy atom. The number of nitrogens with one attached hydrogen (secondary N) is 2. The van der Waals surface area contributed by atoms with Crippen LogP contribution in [0.3, 0.4) is 0 Å². The van der Waals surface area contributed by atoms with Crippen LogP contribution in [0, 0.1) is 0 Å². The average Bonchev–Trinajstić information content (AvgIpc) is 2.32. The van der Waals surface area contributed by atoms with Crippen molar-refractivity contribution in [1.29, 1.82) is 0 Å². The van der Waals surface area contributed by atoms with Crippen LogP contribution in [0.2, 0.25) is 0 Å². The van der Waals surface area contributed by atoms with E-state index in [0.29, 0.717) is 0 Å². The first-order valence-corrected chi connectivity index (χ1v) is 4.33. The molecule has 0 aromatic carbocycles.